The number of aromatic nitrogens is 2. The molecule has 0 radical (unpaired) electrons. The van der Waals surface area contributed by atoms with E-state index >= 15 is 0 Å². The van der Waals surface area contributed by atoms with Crippen LogP contribution in [0, 0.1) is 18.2 Å². The summed E-state index contributed by atoms with van der Waals surface area (Å²) in [7, 11) is 0. The van der Waals surface area contributed by atoms with Crippen molar-refractivity contribution in [1.82, 2.24) is 9.13 Å². The van der Waals surface area contributed by atoms with Crippen molar-refractivity contribution in [3.8, 4) is 0 Å². The highest BCUT2D eigenvalue weighted by molar-refractivity contribution is 6.42. The third-order valence-electron chi connectivity index (χ3n) is 5.30. The van der Waals surface area contributed by atoms with E-state index in [1.54, 1.807) is 33.4 Å². The molecule has 0 fully saturated rings. The predicted octanol–water partition coefficient (Wildman–Crippen LogP) is 5.46. The van der Waals surface area contributed by atoms with Crippen molar-refractivity contribution in [3.63, 3.8) is 0 Å². The van der Waals surface area contributed by atoms with E-state index in [1.807, 2.05) is 31.2 Å². The molecular weight excluding hydrogens is 424 g/mol. The van der Waals surface area contributed by atoms with Gasteiger partial charge in [-0.25, -0.2) is 4.39 Å². The van der Waals surface area contributed by atoms with Crippen molar-refractivity contribution in [2.75, 3.05) is 0 Å². The van der Waals surface area contributed by atoms with Gasteiger partial charge in [-0.2, -0.15) is 0 Å². The molecule has 0 bridgehead atoms. The van der Waals surface area contributed by atoms with Crippen LogP contribution in [0.25, 0.3) is 11.0 Å². The lowest BCUT2D eigenvalue weighted by molar-refractivity contribution is 0.156. The summed E-state index contributed by atoms with van der Waals surface area (Å²) in [5, 5.41) is 20.3. The van der Waals surface area contributed by atoms with Crippen LogP contribution in [-0.2, 0) is 13.1 Å². The zero-order valence-electron chi connectivity index (χ0n) is 16.2. The van der Waals surface area contributed by atoms with Gasteiger partial charge < -0.3 is 14.2 Å². The van der Waals surface area contributed by atoms with Gasteiger partial charge in [-0.05, 0) is 53.9 Å². The Balaban J connectivity index is 1.78. The molecule has 0 aliphatic carbocycles. The maximum absolute atomic E-state index is 14.0. The number of hydrogen-bond donors (Lipinski definition) is 2. The first-order valence-corrected chi connectivity index (χ1v) is 10.2. The lowest BCUT2D eigenvalue weighted by Crippen LogP contribution is -2.27. The van der Waals surface area contributed by atoms with E-state index in [1.165, 1.54) is 12.1 Å². The summed E-state index contributed by atoms with van der Waals surface area (Å²) in [4.78, 5) is 0. The number of fused-ring (bicyclic) bond motifs is 1. The molecular formula is C23H20Cl2FN3O. The van der Waals surface area contributed by atoms with Gasteiger partial charge in [-0.3, -0.25) is 5.41 Å². The zero-order chi connectivity index (χ0) is 21.4. The molecule has 0 amide bonds. The minimum Gasteiger partial charge on any atom is -0.387 e. The standard InChI is InChI=1S/C23H20Cl2FN3O/c1-14-4-2-3-5-16(14)12-28-21-11-17(26)7-9-20(21)29(23(28)27)13-22(30)15-6-8-18(24)19(25)10-15/h2-11,22,27,30H,12-13H2,1H3. The fourth-order valence-electron chi connectivity index (χ4n) is 3.62. The molecule has 0 aliphatic rings. The number of aliphatic hydroxyl groups excluding tert-OH is 1. The zero-order valence-corrected chi connectivity index (χ0v) is 17.8. The Morgan fingerprint density at radius 2 is 1.73 bits per heavy atom. The van der Waals surface area contributed by atoms with Crippen molar-refractivity contribution in [2.45, 2.75) is 26.1 Å². The highest BCUT2D eigenvalue weighted by Gasteiger charge is 2.17. The predicted molar refractivity (Wildman–Crippen MR) is 117 cm³/mol. The van der Waals surface area contributed by atoms with Gasteiger partial charge in [0.05, 0.1) is 40.3 Å². The molecule has 1 unspecified atom stereocenters. The van der Waals surface area contributed by atoms with Crippen LogP contribution in [0.15, 0.2) is 60.7 Å². The molecule has 1 atom stereocenters. The summed E-state index contributed by atoms with van der Waals surface area (Å²) in [6.07, 6.45) is -0.906. The van der Waals surface area contributed by atoms with E-state index in [2.05, 4.69) is 0 Å². The second kappa shape index (κ2) is 8.26. The summed E-state index contributed by atoms with van der Waals surface area (Å²) in [6.45, 7) is 2.56. The average Bonchev–Trinajstić information content (AvgIpc) is 2.96. The molecule has 3 aromatic carbocycles. The minimum absolute atomic E-state index is 0.125. The number of aryl methyl sites for hydroxylation is 1. The van der Waals surface area contributed by atoms with Gasteiger partial charge in [0.2, 0.25) is 5.62 Å². The Morgan fingerprint density at radius 1 is 0.967 bits per heavy atom. The van der Waals surface area contributed by atoms with Gasteiger partial charge in [0.15, 0.2) is 0 Å². The van der Waals surface area contributed by atoms with Gasteiger partial charge in [-0.15, -0.1) is 0 Å². The van der Waals surface area contributed by atoms with Crippen molar-refractivity contribution >= 4 is 34.2 Å². The number of halogens is 3. The molecule has 30 heavy (non-hydrogen) atoms. The van der Waals surface area contributed by atoms with Crippen LogP contribution >= 0.6 is 23.2 Å². The van der Waals surface area contributed by atoms with Crippen LogP contribution in [0.5, 0.6) is 0 Å². The molecule has 4 aromatic rings. The topological polar surface area (TPSA) is 53.9 Å². The summed E-state index contributed by atoms with van der Waals surface area (Å²) in [6, 6.07) is 17.3. The van der Waals surface area contributed by atoms with Crippen molar-refractivity contribution in [1.29, 1.82) is 5.41 Å². The molecule has 154 valence electrons. The molecule has 1 heterocycles. The van der Waals surface area contributed by atoms with E-state index in [0.717, 1.165) is 11.1 Å². The normalized spacial score (nSPS) is 12.4. The number of imidazole rings is 1. The maximum Gasteiger partial charge on any atom is 0.203 e. The van der Waals surface area contributed by atoms with Crippen LogP contribution in [0.4, 0.5) is 4.39 Å². The molecule has 0 saturated heterocycles. The SMILES string of the molecule is Cc1ccccc1Cn1c(=N)n(CC(O)c2ccc(Cl)c(Cl)c2)c2ccc(F)cc21. The Bertz CT molecular complexity index is 1300. The van der Waals surface area contributed by atoms with Crippen LogP contribution in [-0.4, -0.2) is 14.2 Å². The van der Waals surface area contributed by atoms with Crippen LogP contribution in [0.1, 0.15) is 22.8 Å². The highest BCUT2D eigenvalue weighted by Crippen LogP contribution is 2.27. The minimum atomic E-state index is -0.906. The van der Waals surface area contributed by atoms with Gasteiger partial charge in [0, 0.05) is 0 Å². The second-order valence-corrected chi connectivity index (χ2v) is 8.08. The van der Waals surface area contributed by atoms with Crippen LogP contribution in [0.2, 0.25) is 10.0 Å². The van der Waals surface area contributed by atoms with Gasteiger partial charge in [0.25, 0.3) is 0 Å². The number of aliphatic hydroxyl groups is 1. The Morgan fingerprint density at radius 3 is 2.47 bits per heavy atom. The number of hydrogen-bond acceptors (Lipinski definition) is 2. The van der Waals surface area contributed by atoms with E-state index < -0.39 is 6.10 Å². The lowest BCUT2D eigenvalue weighted by atomic mass is 10.1. The van der Waals surface area contributed by atoms with E-state index in [-0.39, 0.29) is 18.0 Å². The molecule has 2 N–H and O–H groups in total. The molecule has 1 aromatic heterocycles. The van der Waals surface area contributed by atoms with Crippen molar-refractivity contribution in [3.05, 3.63) is 98.8 Å². The molecule has 4 nitrogen and oxygen atoms in total. The first-order valence-electron chi connectivity index (χ1n) is 9.46. The third kappa shape index (κ3) is 3.88. The lowest BCUT2D eigenvalue weighted by Gasteiger charge is -2.13. The molecule has 0 saturated carbocycles. The van der Waals surface area contributed by atoms with E-state index in [4.69, 9.17) is 28.6 Å². The molecule has 4 rings (SSSR count). The quantitative estimate of drug-likeness (QED) is 0.422. The smallest absolute Gasteiger partial charge is 0.203 e. The summed E-state index contributed by atoms with van der Waals surface area (Å²) < 4.78 is 17.5. The summed E-state index contributed by atoms with van der Waals surface area (Å²) >= 11 is 12.1. The third-order valence-corrected chi connectivity index (χ3v) is 6.04. The highest BCUT2D eigenvalue weighted by atomic mass is 35.5. The number of nitrogens with zero attached hydrogens (tertiary/aromatic N) is 2. The largest absolute Gasteiger partial charge is 0.387 e. The average molecular weight is 444 g/mol. The first kappa shape index (κ1) is 20.7. The van der Waals surface area contributed by atoms with Gasteiger partial charge in [-0.1, -0.05) is 53.5 Å². The molecule has 0 aliphatic heterocycles. The number of rotatable bonds is 5. The maximum atomic E-state index is 14.0. The molecule has 0 spiro atoms. The van der Waals surface area contributed by atoms with Crippen molar-refractivity contribution < 1.29 is 9.50 Å². The van der Waals surface area contributed by atoms with E-state index in [0.29, 0.717) is 33.2 Å². The number of nitrogens with one attached hydrogen (secondary N) is 1. The monoisotopic (exact) mass is 443 g/mol. The van der Waals surface area contributed by atoms with Crippen LogP contribution < -0.4 is 5.62 Å². The Kier molecular flexibility index (Phi) is 5.69. The molecule has 7 heteroatoms. The first-order chi connectivity index (χ1) is 14.3. The Labute approximate surface area is 183 Å². The number of benzene rings is 3. The fraction of sp³-hybridized carbons (Fsp3) is 0.174. The second-order valence-electron chi connectivity index (χ2n) is 7.27. The Hall–Kier alpha value is -2.60. The van der Waals surface area contributed by atoms with Crippen molar-refractivity contribution in [2.24, 2.45) is 0 Å². The summed E-state index contributed by atoms with van der Waals surface area (Å²) in [5.74, 6) is -0.372. The summed E-state index contributed by atoms with van der Waals surface area (Å²) in [5.41, 5.74) is 4.19. The van der Waals surface area contributed by atoms with E-state index in [9.17, 15) is 9.50 Å². The fourth-order valence-corrected chi connectivity index (χ4v) is 3.92. The van der Waals surface area contributed by atoms with Crippen LogP contribution in [0.3, 0.4) is 0 Å². The van der Waals surface area contributed by atoms with Gasteiger partial charge in [0.1, 0.15) is 5.82 Å². The van der Waals surface area contributed by atoms with Gasteiger partial charge >= 0.3 is 0 Å².